The van der Waals surface area contributed by atoms with Crippen LogP contribution in [0.3, 0.4) is 0 Å². The second-order valence-corrected chi connectivity index (χ2v) is 6.72. The molecule has 0 amide bonds. The van der Waals surface area contributed by atoms with E-state index in [1.165, 1.54) is 5.56 Å². The molecule has 3 aromatic rings. The van der Waals surface area contributed by atoms with Crippen LogP contribution in [0.4, 0.5) is 0 Å². The summed E-state index contributed by atoms with van der Waals surface area (Å²) >= 11 is 1.62. The minimum atomic E-state index is 0.731. The smallest absolute Gasteiger partial charge is 0.212 e. The van der Waals surface area contributed by atoms with Gasteiger partial charge in [0, 0.05) is 5.75 Å². The fraction of sp³-hybridized carbons (Fsp3) is 0.250. The van der Waals surface area contributed by atoms with Crippen molar-refractivity contribution in [2.75, 3.05) is 6.61 Å². The van der Waals surface area contributed by atoms with E-state index in [9.17, 15) is 0 Å². The van der Waals surface area contributed by atoms with Gasteiger partial charge in [-0.2, -0.15) is 9.78 Å². The molecule has 0 fully saturated rings. The number of ether oxygens (including phenoxy) is 1. The van der Waals surface area contributed by atoms with Gasteiger partial charge in [-0.1, -0.05) is 49.0 Å². The zero-order valence-electron chi connectivity index (χ0n) is 15.0. The Hall–Kier alpha value is -2.60. The van der Waals surface area contributed by atoms with Gasteiger partial charge in [0.2, 0.25) is 5.16 Å². The van der Waals surface area contributed by atoms with Gasteiger partial charge >= 0.3 is 0 Å². The van der Waals surface area contributed by atoms with E-state index >= 15 is 0 Å². The third-order valence-electron chi connectivity index (χ3n) is 3.65. The predicted octanol–water partition coefficient (Wildman–Crippen LogP) is 4.55. The Kier molecular flexibility index (Phi) is 6.44. The molecule has 1 heterocycles. The van der Waals surface area contributed by atoms with Crippen molar-refractivity contribution in [3.05, 3.63) is 71.5 Å². The van der Waals surface area contributed by atoms with Gasteiger partial charge in [-0.25, -0.2) is 0 Å². The van der Waals surface area contributed by atoms with E-state index in [4.69, 9.17) is 4.74 Å². The van der Waals surface area contributed by atoms with Crippen LogP contribution in [0.15, 0.2) is 64.9 Å². The topological polar surface area (TPSA) is 52.3 Å². The molecule has 2 aromatic carbocycles. The molecule has 0 N–H and O–H groups in total. The largest absolute Gasteiger partial charge is 0.494 e. The normalized spacial score (nSPS) is 11.2. The zero-order valence-corrected chi connectivity index (χ0v) is 15.8. The molecular weight excluding hydrogens is 344 g/mol. The van der Waals surface area contributed by atoms with Crippen molar-refractivity contribution < 1.29 is 4.74 Å². The lowest BCUT2D eigenvalue weighted by Crippen LogP contribution is -1.97. The summed E-state index contributed by atoms with van der Waals surface area (Å²) < 4.78 is 7.37. The van der Waals surface area contributed by atoms with Crippen LogP contribution in [-0.2, 0) is 5.75 Å². The Balaban J connectivity index is 1.67. The molecule has 0 unspecified atom stereocenters. The number of thioether (sulfide) groups is 1. The van der Waals surface area contributed by atoms with Crippen molar-refractivity contribution >= 4 is 18.0 Å². The molecule has 0 aliphatic rings. The van der Waals surface area contributed by atoms with Crippen LogP contribution in [0.1, 0.15) is 30.3 Å². The SMILES string of the molecule is CCCOc1ccc(/C=N\n2c(C)nnc2SCc2ccccc2)cc1. The molecule has 0 atom stereocenters. The molecule has 0 radical (unpaired) electrons. The number of aryl methyl sites for hydroxylation is 1. The highest BCUT2D eigenvalue weighted by atomic mass is 32.2. The quantitative estimate of drug-likeness (QED) is 0.433. The van der Waals surface area contributed by atoms with Crippen LogP contribution in [0, 0.1) is 6.92 Å². The first-order valence-corrected chi connectivity index (χ1v) is 9.61. The second-order valence-electron chi connectivity index (χ2n) is 5.78. The molecule has 5 nitrogen and oxygen atoms in total. The summed E-state index contributed by atoms with van der Waals surface area (Å²) in [7, 11) is 0. The van der Waals surface area contributed by atoms with Crippen LogP contribution < -0.4 is 4.74 Å². The first-order valence-electron chi connectivity index (χ1n) is 8.62. The molecule has 0 bridgehead atoms. The van der Waals surface area contributed by atoms with Crippen molar-refractivity contribution in [2.45, 2.75) is 31.2 Å². The van der Waals surface area contributed by atoms with E-state index < -0.39 is 0 Å². The predicted molar refractivity (Wildman–Crippen MR) is 106 cm³/mol. The van der Waals surface area contributed by atoms with Crippen LogP contribution in [0.5, 0.6) is 5.75 Å². The number of aromatic nitrogens is 3. The van der Waals surface area contributed by atoms with Gasteiger partial charge < -0.3 is 4.74 Å². The van der Waals surface area contributed by atoms with Crippen molar-refractivity contribution in [3.63, 3.8) is 0 Å². The van der Waals surface area contributed by atoms with Crippen molar-refractivity contribution in [3.8, 4) is 5.75 Å². The lowest BCUT2D eigenvalue weighted by Gasteiger charge is -2.04. The maximum atomic E-state index is 5.60. The van der Waals surface area contributed by atoms with E-state index in [0.717, 1.165) is 41.1 Å². The lowest BCUT2D eigenvalue weighted by atomic mass is 10.2. The minimum absolute atomic E-state index is 0.731. The molecule has 0 aliphatic carbocycles. The van der Waals surface area contributed by atoms with Gasteiger partial charge in [0.1, 0.15) is 5.75 Å². The van der Waals surface area contributed by atoms with Gasteiger partial charge in [0.05, 0.1) is 12.8 Å². The van der Waals surface area contributed by atoms with E-state index in [1.807, 2.05) is 55.6 Å². The van der Waals surface area contributed by atoms with Gasteiger partial charge in [-0.05, 0) is 48.7 Å². The van der Waals surface area contributed by atoms with Crippen LogP contribution in [0.25, 0.3) is 0 Å². The van der Waals surface area contributed by atoms with E-state index in [-0.39, 0.29) is 0 Å². The first kappa shape index (κ1) is 18.2. The maximum absolute atomic E-state index is 5.60. The molecule has 3 rings (SSSR count). The average molecular weight is 366 g/mol. The summed E-state index contributed by atoms with van der Waals surface area (Å²) in [5.41, 5.74) is 2.25. The van der Waals surface area contributed by atoms with Gasteiger partial charge in [0.15, 0.2) is 5.82 Å². The molecular formula is C20H22N4OS. The maximum Gasteiger partial charge on any atom is 0.212 e. The Bertz CT molecular complexity index is 844. The highest BCUT2D eigenvalue weighted by Gasteiger charge is 2.08. The van der Waals surface area contributed by atoms with Crippen LogP contribution in [-0.4, -0.2) is 27.7 Å². The number of hydrogen-bond donors (Lipinski definition) is 0. The van der Waals surface area contributed by atoms with E-state index in [2.05, 4.69) is 34.4 Å². The van der Waals surface area contributed by atoms with E-state index in [1.54, 1.807) is 16.4 Å². The van der Waals surface area contributed by atoms with Crippen molar-refractivity contribution in [2.24, 2.45) is 5.10 Å². The van der Waals surface area contributed by atoms with Gasteiger partial charge in [-0.3, -0.25) is 0 Å². The van der Waals surface area contributed by atoms with Crippen LogP contribution in [0.2, 0.25) is 0 Å². The highest BCUT2D eigenvalue weighted by molar-refractivity contribution is 7.98. The summed E-state index contributed by atoms with van der Waals surface area (Å²) in [5.74, 6) is 2.47. The second kappa shape index (κ2) is 9.20. The molecule has 0 saturated carbocycles. The third kappa shape index (κ3) is 4.95. The number of hydrogen-bond acceptors (Lipinski definition) is 5. The van der Waals surface area contributed by atoms with Gasteiger partial charge in [-0.15, -0.1) is 10.2 Å². The van der Waals surface area contributed by atoms with Gasteiger partial charge in [0.25, 0.3) is 0 Å². The highest BCUT2D eigenvalue weighted by Crippen LogP contribution is 2.21. The fourth-order valence-electron chi connectivity index (χ4n) is 2.28. The summed E-state index contributed by atoms with van der Waals surface area (Å²) in [4.78, 5) is 0. The molecule has 26 heavy (non-hydrogen) atoms. The fourth-order valence-corrected chi connectivity index (χ4v) is 3.17. The van der Waals surface area contributed by atoms with E-state index in [0.29, 0.717) is 0 Å². The monoisotopic (exact) mass is 366 g/mol. The standard InChI is InChI=1S/C20H22N4OS/c1-3-13-25-19-11-9-17(10-12-19)14-21-24-16(2)22-23-20(24)26-15-18-7-5-4-6-8-18/h4-12,14H,3,13,15H2,1-2H3/b21-14-. The van der Waals surface area contributed by atoms with Crippen molar-refractivity contribution in [1.29, 1.82) is 0 Å². The number of rotatable bonds is 8. The summed E-state index contributed by atoms with van der Waals surface area (Å²) in [6.45, 7) is 4.73. The number of nitrogens with zero attached hydrogens (tertiary/aromatic N) is 4. The van der Waals surface area contributed by atoms with Crippen molar-refractivity contribution in [1.82, 2.24) is 14.9 Å². The molecule has 6 heteroatoms. The van der Waals surface area contributed by atoms with Crippen LogP contribution >= 0.6 is 11.8 Å². The zero-order chi connectivity index (χ0) is 18.2. The Labute approximate surface area is 158 Å². The summed E-state index contributed by atoms with van der Waals surface area (Å²) in [5, 5.41) is 13.7. The molecule has 0 aliphatic heterocycles. The lowest BCUT2D eigenvalue weighted by molar-refractivity contribution is 0.317. The molecule has 0 spiro atoms. The Morgan fingerprint density at radius 3 is 2.58 bits per heavy atom. The Morgan fingerprint density at radius 2 is 1.85 bits per heavy atom. The molecule has 0 saturated heterocycles. The summed E-state index contributed by atoms with van der Waals surface area (Å²) in [6, 6.07) is 18.2. The average Bonchev–Trinajstić information content (AvgIpc) is 3.04. The molecule has 134 valence electrons. The first-order chi connectivity index (χ1) is 12.8. The third-order valence-corrected chi connectivity index (χ3v) is 4.64. The summed E-state index contributed by atoms with van der Waals surface area (Å²) in [6.07, 6.45) is 2.81. The minimum Gasteiger partial charge on any atom is -0.494 e. The molecule has 1 aromatic heterocycles. The Morgan fingerprint density at radius 1 is 1.08 bits per heavy atom. The number of benzene rings is 2.